The SMILES string of the molecule is Cc1noc2c1CCC(CC(=O)O)C2. The minimum absolute atomic E-state index is 0.215. The molecule has 0 fully saturated rings. The van der Waals surface area contributed by atoms with Gasteiger partial charge in [-0.1, -0.05) is 5.16 Å². The van der Waals surface area contributed by atoms with Crippen LogP contribution < -0.4 is 0 Å². The summed E-state index contributed by atoms with van der Waals surface area (Å²) in [5.41, 5.74) is 2.14. The molecule has 0 aliphatic heterocycles. The van der Waals surface area contributed by atoms with Gasteiger partial charge >= 0.3 is 5.97 Å². The summed E-state index contributed by atoms with van der Waals surface area (Å²) in [7, 11) is 0. The second-order valence-electron chi connectivity index (χ2n) is 3.88. The van der Waals surface area contributed by atoms with Crippen LogP contribution in [0.1, 0.15) is 29.9 Å². The first-order valence-corrected chi connectivity index (χ1v) is 4.82. The number of rotatable bonds is 2. The summed E-state index contributed by atoms with van der Waals surface area (Å²) in [6.07, 6.45) is 2.80. The molecule has 0 amide bonds. The van der Waals surface area contributed by atoms with Crippen LogP contribution in [0.3, 0.4) is 0 Å². The molecule has 4 nitrogen and oxygen atoms in total. The van der Waals surface area contributed by atoms with Gasteiger partial charge in [-0.05, 0) is 25.7 Å². The number of hydrogen-bond donors (Lipinski definition) is 1. The molecule has 76 valence electrons. The summed E-state index contributed by atoms with van der Waals surface area (Å²) in [6, 6.07) is 0. The molecule has 0 radical (unpaired) electrons. The van der Waals surface area contributed by atoms with Crippen LogP contribution in [0.5, 0.6) is 0 Å². The number of carboxylic acid groups (broad SMARTS) is 1. The molecule has 14 heavy (non-hydrogen) atoms. The summed E-state index contributed by atoms with van der Waals surface area (Å²) in [4.78, 5) is 10.5. The van der Waals surface area contributed by atoms with Gasteiger partial charge in [0.2, 0.25) is 0 Å². The van der Waals surface area contributed by atoms with Crippen LogP contribution in [0, 0.1) is 12.8 Å². The van der Waals surface area contributed by atoms with Gasteiger partial charge < -0.3 is 9.63 Å². The monoisotopic (exact) mass is 195 g/mol. The Labute approximate surface area is 81.9 Å². The first-order valence-electron chi connectivity index (χ1n) is 4.82. The maximum absolute atomic E-state index is 10.5. The van der Waals surface area contributed by atoms with Gasteiger partial charge in [0.05, 0.1) is 5.69 Å². The fourth-order valence-electron chi connectivity index (χ4n) is 2.05. The second kappa shape index (κ2) is 3.44. The second-order valence-corrected chi connectivity index (χ2v) is 3.88. The Bertz CT molecular complexity index is 356. The van der Waals surface area contributed by atoms with Crippen LogP contribution in [0.25, 0.3) is 0 Å². The lowest BCUT2D eigenvalue weighted by molar-refractivity contribution is -0.138. The van der Waals surface area contributed by atoms with Gasteiger partial charge in [0.25, 0.3) is 0 Å². The van der Waals surface area contributed by atoms with E-state index in [1.54, 1.807) is 0 Å². The van der Waals surface area contributed by atoms with Gasteiger partial charge in [0.15, 0.2) is 0 Å². The molecular weight excluding hydrogens is 182 g/mol. The zero-order valence-corrected chi connectivity index (χ0v) is 8.12. The predicted octanol–water partition coefficient (Wildman–Crippen LogP) is 1.56. The van der Waals surface area contributed by atoms with Gasteiger partial charge in [0, 0.05) is 18.4 Å². The summed E-state index contributed by atoms with van der Waals surface area (Å²) in [6.45, 7) is 1.93. The van der Waals surface area contributed by atoms with Crippen molar-refractivity contribution in [2.45, 2.75) is 32.6 Å². The van der Waals surface area contributed by atoms with Crippen molar-refractivity contribution in [1.29, 1.82) is 0 Å². The van der Waals surface area contributed by atoms with E-state index in [1.165, 1.54) is 5.56 Å². The van der Waals surface area contributed by atoms with Crippen LogP contribution in [0.4, 0.5) is 0 Å². The molecule has 1 N–H and O–H groups in total. The largest absolute Gasteiger partial charge is 0.481 e. The van der Waals surface area contributed by atoms with Crippen molar-refractivity contribution < 1.29 is 14.4 Å². The van der Waals surface area contributed by atoms with Crippen molar-refractivity contribution in [2.75, 3.05) is 0 Å². The highest BCUT2D eigenvalue weighted by Crippen LogP contribution is 2.29. The van der Waals surface area contributed by atoms with Crippen molar-refractivity contribution in [3.05, 3.63) is 17.0 Å². The van der Waals surface area contributed by atoms with E-state index in [9.17, 15) is 4.79 Å². The molecule has 1 aromatic rings. The molecule has 0 aromatic carbocycles. The third-order valence-corrected chi connectivity index (χ3v) is 2.81. The summed E-state index contributed by atoms with van der Waals surface area (Å²) in [5, 5.41) is 12.6. The van der Waals surface area contributed by atoms with Gasteiger partial charge in [0.1, 0.15) is 5.76 Å². The highest BCUT2D eigenvalue weighted by molar-refractivity contribution is 5.67. The number of fused-ring (bicyclic) bond motifs is 1. The third-order valence-electron chi connectivity index (χ3n) is 2.81. The first-order chi connectivity index (χ1) is 6.66. The van der Waals surface area contributed by atoms with E-state index in [0.29, 0.717) is 0 Å². The molecule has 0 bridgehead atoms. The number of aromatic nitrogens is 1. The van der Waals surface area contributed by atoms with E-state index in [4.69, 9.17) is 9.63 Å². The Morgan fingerprint density at radius 2 is 2.50 bits per heavy atom. The molecule has 1 aromatic heterocycles. The van der Waals surface area contributed by atoms with E-state index in [1.807, 2.05) is 6.92 Å². The van der Waals surface area contributed by atoms with Gasteiger partial charge in [-0.25, -0.2) is 0 Å². The number of nitrogens with zero attached hydrogens (tertiary/aromatic N) is 1. The number of aliphatic carboxylic acids is 1. The van der Waals surface area contributed by atoms with Crippen LogP contribution in [-0.4, -0.2) is 16.2 Å². The maximum Gasteiger partial charge on any atom is 0.303 e. The third kappa shape index (κ3) is 1.64. The van der Waals surface area contributed by atoms with Gasteiger partial charge in [-0.2, -0.15) is 0 Å². The molecule has 1 atom stereocenters. The molecule has 1 aliphatic carbocycles. The molecule has 0 saturated carbocycles. The van der Waals surface area contributed by atoms with Crippen LogP contribution in [0.2, 0.25) is 0 Å². The maximum atomic E-state index is 10.5. The number of carbonyl (C=O) groups is 1. The van der Waals surface area contributed by atoms with E-state index in [-0.39, 0.29) is 12.3 Å². The Kier molecular flexibility index (Phi) is 2.27. The average molecular weight is 195 g/mol. The van der Waals surface area contributed by atoms with Crippen LogP contribution >= 0.6 is 0 Å². The van der Waals surface area contributed by atoms with Gasteiger partial charge in [-0.3, -0.25) is 4.79 Å². The first kappa shape index (κ1) is 9.24. The minimum Gasteiger partial charge on any atom is -0.481 e. The number of aryl methyl sites for hydroxylation is 1. The fourth-order valence-corrected chi connectivity index (χ4v) is 2.05. The topological polar surface area (TPSA) is 63.3 Å². The van der Waals surface area contributed by atoms with Crippen molar-refractivity contribution >= 4 is 5.97 Å². The van der Waals surface area contributed by atoms with Crippen LogP contribution in [-0.2, 0) is 17.6 Å². The lowest BCUT2D eigenvalue weighted by Crippen LogP contribution is -2.16. The molecular formula is C10H13NO3. The standard InChI is InChI=1S/C10H13NO3/c1-6-8-3-2-7(5-10(12)13)4-9(8)14-11-6/h7H,2-5H2,1H3,(H,12,13). The fraction of sp³-hybridized carbons (Fsp3) is 0.600. The highest BCUT2D eigenvalue weighted by Gasteiger charge is 2.25. The minimum atomic E-state index is -0.727. The van der Waals surface area contributed by atoms with E-state index >= 15 is 0 Å². The molecule has 1 aliphatic rings. The van der Waals surface area contributed by atoms with Crippen molar-refractivity contribution in [3.63, 3.8) is 0 Å². The highest BCUT2D eigenvalue weighted by atomic mass is 16.5. The average Bonchev–Trinajstić information content (AvgIpc) is 2.46. The zero-order chi connectivity index (χ0) is 10.1. The molecule has 1 unspecified atom stereocenters. The van der Waals surface area contributed by atoms with E-state index in [2.05, 4.69) is 5.16 Å². The van der Waals surface area contributed by atoms with Crippen molar-refractivity contribution in [1.82, 2.24) is 5.16 Å². The van der Waals surface area contributed by atoms with E-state index in [0.717, 1.165) is 30.7 Å². The lowest BCUT2D eigenvalue weighted by Gasteiger charge is -2.18. The Morgan fingerprint density at radius 3 is 3.21 bits per heavy atom. The number of hydrogen-bond acceptors (Lipinski definition) is 3. The Hall–Kier alpha value is -1.32. The summed E-state index contributed by atoms with van der Waals surface area (Å²) in [5.74, 6) is 0.377. The van der Waals surface area contributed by atoms with Crippen molar-refractivity contribution in [2.24, 2.45) is 5.92 Å². The molecule has 0 saturated heterocycles. The van der Waals surface area contributed by atoms with Crippen molar-refractivity contribution in [3.8, 4) is 0 Å². The smallest absolute Gasteiger partial charge is 0.303 e. The van der Waals surface area contributed by atoms with Crippen LogP contribution in [0.15, 0.2) is 4.52 Å². The normalized spacial score (nSPS) is 20.5. The molecule has 2 rings (SSSR count). The zero-order valence-electron chi connectivity index (χ0n) is 8.12. The molecule has 4 heteroatoms. The molecule has 1 heterocycles. The lowest BCUT2D eigenvalue weighted by atomic mass is 9.85. The van der Waals surface area contributed by atoms with Gasteiger partial charge in [-0.15, -0.1) is 0 Å². The quantitative estimate of drug-likeness (QED) is 0.777. The predicted molar refractivity (Wildman–Crippen MR) is 49.0 cm³/mol. The summed E-state index contributed by atoms with van der Waals surface area (Å²) < 4.78 is 5.16. The summed E-state index contributed by atoms with van der Waals surface area (Å²) >= 11 is 0. The van der Waals surface area contributed by atoms with E-state index < -0.39 is 5.97 Å². The Balaban J connectivity index is 2.10. The number of carboxylic acids is 1. The molecule has 0 spiro atoms. The Morgan fingerprint density at radius 1 is 1.71 bits per heavy atom.